The molecule has 0 aromatic heterocycles. The number of carbonyl (C=O) groups excluding carboxylic acids is 2. The summed E-state index contributed by atoms with van der Waals surface area (Å²) in [6, 6.07) is -1.10. The van der Waals surface area contributed by atoms with E-state index >= 15 is 0 Å². The molecule has 0 fully saturated rings. The van der Waals surface area contributed by atoms with Crippen LogP contribution in [-0.4, -0.2) is 34.6 Å². The van der Waals surface area contributed by atoms with Crippen LogP contribution in [0.1, 0.15) is 47.5 Å². The average Bonchev–Trinajstić information content (AvgIpc) is 2.31. The molecular weight excluding hydrogens is 286 g/mol. The van der Waals surface area contributed by atoms with Gasteiger partial charge in [-0.05, 0) is 32.6 Å². The summed E-state index contributed by atoms with van der Waals surface area (Å²) < 4.78 is 5.06. The van der Waals surface area contributed by atoms with Gasteiger partial charge in [0.25, 0.3) is 0 Å². The zero-order valence-corrected chi connectivity index (χ0v) is 14.0. The molecule has 0 aromatic rings. The number of carbonyl (C=O) groups is 3. The maximum atomic E-state index is 12.3. The molecule has 0 aliphatic heterocycles. The summed E-state index contributed by atoms with van der Waals surface area (Å²) in [5.74, 6) is -1.36. The number of ketones is 1. The number of carboxylic acids is 1. The van der Waals surface area contributed by atoms with Crippen LogP contribution in [0.25, 0.3) is 0 Å². The Bertz CT molecular complexity index is 423. The Morgan fingerprint density at radius 3 is 2.14 bits per heavy atom. The Balaban J connectivity index is 4.89. The molecule has 22 heavy (non-hydrogen) atoms. The van der Waals surface area contributed by atoms with Crippen molar-refractivity contribution in [3.63, 3.8) is 0 Å². The molecule has 0 aromatic carbocycles. The van der Waals surface area contributed by atoms with Crippen LogP contribution in [0, 0.1) is 11.8 Å². The molecule has 0 heterocycles. The van der Waals surface area contributed by atoms with Gasteiger partial charge in [-0.3, -0.25) is 9.59 Å². The van der Waals surface area contributed by atoms with Crippen molar-refractivity contribution in [3.05, 3.63) is 12.7 Å². The van der Waals surface area contributed by atoms with E-state index in [1.807, 2.05) is 13.8 Å². The van der Waals surface area contributed by atoms with E-state index in [2.05, 4.69) is 11.9 Å². The fourth-order valence-corrected chi connectivity index (χ4v) is 1.84. The number of amides is 1. The lowest BCUT2D eigenvalue weighted by Crippen LogP contribution is -2.45. The topological polar surface area (TPSA) is 92.7 Å². The summed E-state index contributed by atoms with van der Waals surface area (Å²) in [6.07, 6.45) is 0.537. The normalized spacial score (nSPS) is 14.1. The summed E-state index contributed by atoms with van der Waals surface area (Å²) in [5.41, 5.74) is -0.720. The Morgan fingerprint density at radius 2 is 1.77 bits per heavy atom. The molecule has 1 amide bonds. The molecule has 2 atom stereocenters. The molecule has 0 aliphatic carbocycles. The lowest BCUT2D eigenvalue weighted by Gasteiger charge is -2.24. The summed E-state index contributed by atoms with van der Waals surface area (Å²) in [4.78, 5) is 34.9. The van der Waals surface area contributed by atoms with Crippen molar-refractivity contribution >= 4 is 17.8 Å². The minimum atomic E-state index is -1.16. The number of carboxylic acid groups (broad SMARTS) is 1. The molecule has 1 unspecified atom stereocenters. The van der Waals surface area contributed by atoms with Crippen molar-refractivity contribution in [2.24, 2.45) is 11.8 Å². The molecule has 6 heteroatoms. The highest BCUT2D eigenvalue weighted by Crippen LogP contribution is 2.18. The third kappa shape index (κ3) is 8.44. The predicted octanol–water partition coefficient (Wildman–Crippen LogP) is 2.77. The molecule has 126 valence electrons. The maximum Gasteiger partial charge on any atom is 0.408 e. The van der Waals surface area contributed by atoms with Crippen LogP contribution in [0.5, 0.6) is 0 Å². The third-order valence-corrected chi connectivity index (χ3v) is 3.05. The standard InChI is InChI=1S/C16H27NO5/c1-7-11(10(2)3)8-13(18)12(9-14(19)20)17-15(21)22-16(4,5)6/h7,10-12H,1,8-9H2,2-6H3,(H,17,21)(H,19,20)/t11?,12-/m0/s1. The zero-order valence-electron chi connectivity index (χ0n) is 14.0. The SMILES string of the molecule is C=CC(CC(=O)[C@H](CC(=O)O)NC(=O)OC(C)(C)C)C(C)C. The Kier molecular flexibility index (Phi) is 7.84. The van der Waals surface area contributed by atoms with Crippen molar-refractivity contribution in [2.45, 2.75) is 59.1 Å². The number of hydrogen-bond donors (Lipinski definition) is 2. The smallest absolute Gasteiger partial charge is 0.408 e. The van der Waals surface area contributed by atoms with E-state index in [1.54, 1.807) is 26.8 Å². The highest BCUT2D eigenvalue weighted by Gasteiger charge is 2.28. The largest absolute Gasteiger partial charge is 0.481 e. The van der Waals surface area contributed by atoms with Crippen LogP contribution in [0.2, 0.25) is 0 Å². The summed E-state index contributed by atoms with van der Waals surface area (Å²) in [7, 11) is 0. The van der Waals surface area contributed by atoms with E-state index in [0.717, 1.165) is 0 Å². The average molecular weight is 313 g/mol. The van der Waals surface area contributed by atoms with Gasteiger partial charge >= 0.3 is 12.1 Å². The van der Waals surface area contributed by atoms with Crippen LogP contribution in [0.15, 0.2) is 12.7 Å². The number of aliphatic carboxylic acids is 1. The molecule has 0 rings (SSSR count). The van der Waals surface area contributed by atoms with Gasteiger partial charge in [-0.25, -0.2) is 4.79 Å². The quantitative estimate of drug-likeness (QED) is 0.672. The monoisotopic (exact) mass is 313 g/mol. The minimum absolute atomic E-state index is 0.0655. The molecule has 6 nitrogen and oxygen atoms in total. The fraction of sp³-hybridized carbons (Fsp3) is 0.688. The van der Waals surface area contributed by atoms with Gasteiger partial charge in [-0.15, -0.1) is 6.58 Å². The van der Waals surface area contributed by atoms with E-state index in [1.165, 1.54) is 0 Å². The van der Waals surface area contributed by atoms with Gasteiger partial charge in [0.1, 0.15) is 11.6 Å². The number of alkyl carbamates (subject to hydrolysis) is 1. The second-order valence-corrected chi connectivity index (χ2v) is 6.61. The Labute approximate surface area is 131 Å². The second kappa shape index (κ2) is 8.56. The molecule has 0 radical (unpaired) electrons. The van der Waals surface area contributed by atoms with E-state index in [0.29, 0.717) is 0 Å². The van der Waals surface area contributed by atoms with Gasteiger partial charge in [-0.1, -0.05) is 19.9 Å². The van der Waals surface area contributed by atoms with Crippen molar-refractivity contribution < 1.29 is 24.2 Å². The molecule has 0 spiro atoms. The van der Waals surface area contributed by atoms with Crippen molar-refractivity contribution in [2.75, 3.05) is 0 Å². The van der Waals surface area contributed by atoms with Crippen molar-refractivity contribution in [1.29, 1.82) is 0 Å². The van der Waals surface area contributed by atoms with Gasteiger partial charge in [0.15, 0.2) is 5.78 Å². The molecule has 0 saturated carbocycles. The Morgan fingerprint density at radius 1 is 1.23 bits per heavy atom. The maximum absolute atomic E-state index is 12.3. The predicted molar refractivity (Wildman–Crippen MR) is 83.6 cm³/mol. The van der Waals surface area contributed by atoms with Crippen molar-refractivity contribution in [1.82, 2.24) is 5.32 Å². The summed E-state index contributed by atoms with van der Waals surface area (Å²) in [6.45, 7) is 12.7. The van der Waals surface area contributed by atoms with E-state index in [-0.39, 0.29) is 24.0 Å². The number of ether oxygens (including phenoxy) is 1. The first-order valence-corrected chi connectivity index (χ1v) is 7.32. The first-order valence-electron chi connectivity index (χ1n) is 7.32. The second-order valence-electron chi connectivity index (χ2n) is 6.61. The number of allylic oxidation sites excluding steroid dienone is 1. The number of nitrogens with one attached hydrogen (secondary N) is 1. The molecule has 0 aliphatic rings. The van der Waals surface area contributed by atoms with Crippen LogP contribution in [-0.2, 0) is 14.3 Å². The number of hydrogen-bond acceptors (Lipinski definition) is 4. The van der Waals surface area contributed by atoms with Gasteiger partial charge in [-0.2, -0.15) is 0 Å². The van der Waals surface area contributed by atoms with Gasteiger partial charge in [0.2, 0.25) is 0 Å². The molecule has 2 N–H and O–H groups in total. The van der Waals surface area contributed by atoms with Crippen LogP contribution in [0.4, 0.5) is 4.79 Å². The highest BCUT2D eigenvalue weighted by molar-refractivity contribution is 5.91. The van der Waals surface area contributed by atoms with Gasteiger partial charge in [0.05, 0.1) is 6.42 Å². The minimum Gasteiger partial charge on any atom is -0.481 e. The first-order chi connectivity index (χ1) is 9.96. The zero-order chi connectivity index (χ0) is 17.5. The lowest BCUT2D eigenvalue weighted by molar-refractivity contribution is -0.139. The molecule has 0 bridgehead atoms. The van der Waals surface area contributed by atoms with Gasteiger partial charge in [0, 0.05) is 6.42 Å². The van der Waals surface area contributed by atoms with E-state index < -0.39 is 30.1 Å². The highest BCUT2D eigenvalue weighted by atomic mass is 16.6. The van der Waals surface area contributed by atoms with E-state index in [4.69, 9.17) is 9.84 Å². The number of Topliss-reactive ketones (excluding diaryl/α,β-unsaturated/α-hetero) is 1. The lowest BCUT2D eigenvalue weighted by atomic mass is 9.88. The first kappa shape index (κ1) is 20.1. The van der Waals surface area contributed by atoms with Crippen molar-refractivity contribution in [3.8, 4) is 0 Å². The summed E-state index contributed by atoms with van der Waals surface area (Å²) in [5, 5.41) is 11.3. The van der Waals surface area contributed by atoms with E-state index in [9.17, 15) is 14.4 Å². The third-order valence-electron chi connectivity index (χ3n) is 3.05. The van der Waals surface area contributed by atoms with Crippen LogP contribution >= 0.6 is 0 Å². The fourth-order valence-electron chi connectivity index (χ4n) is 1.84. The summed E-state index contributed by atoms with van der Waals surface area (Å²) >= 11 is 0. The van der Waals surface area contributed by atoms with Crippen LogP contribution in [0.3, 0.4) is 0 Å². The molecule has 0 saturated heterocycles. The Hall–Kier alpha value is -1.85. The number of rotatable bonds is 8. The van der Waals surface area contributed by atoms with Gasteiger partial charge < -0.3 is 15.2 Å². The molecular formula is C16H27NO5. The van der Waals surface area contributed by atoms with Crippen LogP contribution < -0.4 is 5.32 Å².